The van der Waals surface area contributed by atoms with E-state index in [1.54, 1.807) is 12.1 Å². The number of nitro groups is 1. The Hall–Kier alpha value is -1.91. The Morgan fingerprint density at radius 3 is 1.63 bits per heavy atom. The molecule has 0 bridgehead atoms. The lowest BCUT2D eigenvalue weighted by Crippen LogP contribution is -2.04. The predicted molar refractivity (Wildman–Crippen MR) is 122 cm³/mol. The SMILES string of the molecule is CCCCCCCCCCCCCCCCCC(=O)OCc1ccc([N+](=O)[O-])cc1. The molecule has 0 saturated carbocycles. The van der Waals surface area contributed by atoms with Crippen molar-refractivity contribution in [1.29, 1.82) is 0 Å². The molecule has 0 aromatic heterocycles. The number of hydrogen-bond acceptors (Lipinski definition) is 4. The molecule has 0 aliphatic rings. The number of benzene rings is 1. The summed E-state index contributed by atoms with van der Waals surface area (Å²) in [5.41, 5.74) is 0.813. The maximum Gasteiger partial charge on any atom is 0.306 e. The van der Waals surface area contributed by atoms with Crippen LogP contribution in [0.3, 0.4) is 0 Å². The fraction of sp³-hybridized carbons (Fsp3) is 0.720. The van der Waals surface area contributed by atoms with Crippen molar-refractivity contribution in [2.24, 2.45) is 0 Å². The van der Waals surface area contributed by atoms with Crippen molar-refractivity contribution in [2.45, 2.75) is 116 Å². The van der Waals surface area contributed by atoms with Gasteiger partial charge in [-0.3, -0.25) is 14.9 Å². The van der Waals surface area contributed by atoms with Gasteiger partial charge in [-0.15, -0.1) is 0 Å². The van der Waals surface area contributed by atoms with E-state index in [1.807, 2.05) is 0 Å². The van der Waals surface area contributed by atoms with E-state index in [0.29, 0.717) is 6.42 Å². The van der Waals surface area contributed by atoms with Gasteiger partial charge in [-0.1, -0.05) is 96.8 Å². The molecule has 0 N–H and O–H groups in total. The summed E-state index contributed by atoms with van der Waals surface area (Å²) in [6.07, 6.45) is 20.0. The molecular formula is C25H41NO4. The van der Waals surface area contributed by atoms with Crippen LogP contribution in [0.25, 0.3) is 0 Å². The first-order chi connectivity index (χ1) is 14.6. The van der Waals surface area contributed by atoms with E-state index < -0.39 is 4.92 Å². The minimum atomic E-state index is -0.438. The van der Waals surface area contributed by atoms with E-state index in [2.05, 4.69) is 6.92 Å². The lowest BCUT2D eigenvalue weighted by molar-refractivity contribution is -0.384. The van der Waals surface area contributed by atoms with Crippen LogP contribution < -0.4 is 0 Å². The Bertz CT molecular complexity index is 571. The molecule has 5 nitrogen and oxygen atoms in total. The molecule has 5 heteroatoms. The van der Waals surface area contributed by atoms with E-state index in [0.717, 1.165) is 18.4 Å². The first-order valence-corrected chi connectivity index (χ1v) is 12.0. The van der Waals surface area contributed by atoms with E-state index in [9.17, 15) is 14.9 Å². The average Bonchev–Trinajstić information content (AvgIpc) is 2.75. The molecule has 0 spiro atoms. The van der Waals surface area contributed by atoms with Gasteiger partial charge < -0.3 is 4.74 Å². The van der Waals surface area contributed by atoms with Crippen molar-refractivity contribution >= 4 is 11.7 Å². The molecule has 30 heavy (non-hydrogen) atoms. The Kier molecular flexibility index (Phi) is 15.6. The fourth-order valence-electron chi connectivity index (χ4n) is 3.59. The zero-order chi connectivity index (χ0) is 21.9. The van der Waals surface area contributed by atoms with Crippen molar-refractivity contribution in [3.05, 3.63) is 39.9 Å². The monoisotopic (exact) mass is 419 g/mol. The zero-order valence-electron chi connectivity index (χ0n) is 18.9. The third-order valence-electron chi connectivity index (χ3n) is 5.53. The summed E-state index contributed by atoms with van der Waals surface area (Å²) in [7, 11) is 0. The predicted octanol–water partition coefficient (Wildman–Crippen LogP) is 7.90. The second-order valence-electron chi connectivity index (χ2n) is 8.28. The topological polar surface area (TPSA) is 69.4 Å². The van der Waals surface area contributed by atoms with Gasteiger partial charge in [0.05, 0.1) is 4.92 Å². The van der Waals surface area contributed by atoms with Crippen LogP contribution in [0.5, 0.6) is 0 Å². The summed E-state index contributed by atoms with van der Waals surface area (Å²) >= 11 is 0. The number of carbonyl (C=O) groups excluding carboxylic acids is 1. The number of nitro benzene ring substituents is 1. The summed E-state index contributed by atoms with van der Waals surface area (Å²) in [5, 5.41) is 10.6. The molecule has 0 amide bonds. The van der Waals surface area contributed by atoms with Crippen LogP contribution in [0.1, 0.15) is 115 Å². The van der Waals surface area contributed by atoms with E-state index >= 15 is 0 Å². The van der Waals surface area contributed by atoms with Crippen LogP contribution in [-0.2, 0) is 16.1 Å². The van der Waals surface area contributed by atoms with Crippen molar-refractivity contribution in [3.63, 3.8) is 0 Å². The molecule has 0 heterocycles. The summed E-state index contributed by atoms with van der Waals surface area (Å²) in [5.74, 6) is -0.192. The summed E-state index contributed by atoms with van der Waals surface area (Å²) < 4.78 is 5.24. The molecular weight excluding hydrogens is 378 g/mol. The highest BCUT2D eigenvalue weighted by Crippen LogP contribution is 2.15. The average molecular weight is 420 g/mol. The molecule has 0 aliphatic carbocycles. The second-order valence-corrected chi connectivity index (χ2v) is 8.28. The van der Waals surface area contributed by atoms with E-state index in [1.165, 1.54) is 95.6 Å². The number of non-ortho nitro benzene ring substituents is 1. The van der Waals surface area contributed by atoms with Gasteiger partial charge in [0.1, 0.15) is 6.61 Å². The van der Waals surface area contributed by atoms with Crippen LogP contribution >= 0.6 is 0 Å². The second kappa shape index (κ2) is 17.9. The maximum absolute atomic E-state index is 11.8. The van der Waals surface area contributed by atoms with Gasteiger partial charge in [0, 0.05) is 18.6 Å². The highest BCUT2D eigenvalue weighted by atomic mass is 16.6. The molecule has 1 aromatic carbocycles. The van der Waals surface area contributed by atoms with Gasteiger partial charge in [-0.25, -0.2) is 0 Å². The Morgan fingerprint density at radius 2 is 1.20 bits per heavy atom. The van der Waals surface area contributed by atoms with Gasteiger partial charge in [0.2, 0.25) is 0 Å². The van der Waals surface area contributed by atoms with E-state index in [4.69, 9.17) is 4.74 Å². The van der Waals surface area contributed by atoms with Crippen LogP contribution in [0, 0.1) is 10.1 Å². The first-order valence-electron chi connectivity index (χ1n) is 12.0. The van der Waals surface area contributed by atoms with Crippen LogP contribution in [0.2, 0.25) is 0 Å². The molecule has 170 valence electrons. The highest BCUT2D eigenvalue weighted by molar-refractivity contribution is 5.69. The largest absolute Gasteiger partial charge is 0.461 e. The third kappa shape index (κ3) is 14.1. The van der Waals surface area contributed by atoms with Crippen molar-refractivity contribution < 1.29 is 14.5 Å². The number of unbranched alkanes of at least 4 members (excludes halogenated alkanes) is 14. The van der Waals surface area contributed by atoms with Crippen molar-refractivity contribution in [2.75, 3.05) is 0 Å². The van der Waals surface area contributed by atoms with Crippen LogP contribution in [0.4, 0.5) is 5.69 Å². The van der Waals surface area contributed by atoms with Crippen molar-refractivity contribution in [1.82, 2.24) is 0 Å². The van der Waals surface area contributed by atoms with Gasteiger partial charge in [-0.2, -0.15) is 0 Å². The molecule has 0 saturated heterocycles. The first kappa shape index (κ1) is 26.1. The van der Waals surface area contributed by atoms with Gasteiger partial charge in [0.15, 0.2) is 0 Å². The molecule has 0 fully saturated rings. The Balaban J connectivity index is 1.86. The normalized spacial score (nSPS) is 10.8. The Morgan fingerprint density at radius 1 is 0.767 bits per heavy atom. The quantitative estimate of drug-likeness (QED) is 0.0988. The third-order valence-corrected chi connectivity index (χ3v) is 5.53. The maximum atomic E-state index is 11.8. The lowest BCUT2D eigenvalue weighted by Gasteiger charge is -2.05. The summed E-state index contributed by atoms with van der Waals surface area (Å²) in [6.45, 7) is 2.44. The zero-order valence-corrected chi connectivity index (χ0v) is 18.9. The number of hydrogen-bond donors (Lipinski definition) is 0. The Labute approximate surface area is 182 Å². The molecule has 1 rings (SSSR count). The highest BCUT2D eigenvalue weighted by Gasteiger charge is 2.06. The number of nitrogens with zero attached hydrogens (tertiary/aromatic N) is 1. The number of ether oxygens (including phenoxy) is 1. The van der Waals surface area contributed by atoms with Crippen LogP contribution in [-0.4, -0.2) is 10.9 Å². The number of esters is 1. The fourth-order valence-corrected chi connectivity index (χ4v) is 3.59. The van der Waals surface area contributed by atoms with E-state index in [-0.39, 0.29) is 18.3 Å². The van der Waals surface area contributed by atoms with Gasteiger partial charge >= 0.3 is 5.97 Å². The van der Waals surface area contributed by atoms with Gasteiger partial charge in [0.25, 0.3) is 5.69 Å². The standard InChI is InChI=1S/C25H41NO4/c1-2-3-4-5-6-7-8-9-10-11-12-13-14-15-16-17-25(27)30-22-23-18-20-24(21-19-23)26(28)29/h18-21H,2-17,22H2,1H3. The lowest BCUT2D eigenvalue weighted by atomic mass is 10.0. The van der Waals surface area contributed by atoms with Crippen molar-refractivity contribution in [3.8, 4) is 0 Å². The summed E-state index contributed by atoms with van der Waals surface area (Å²) in [4.78, 5) is 22.0. The van der Waals surface area contributed by atoms with Gasteiger partial charge in [-0.05, 0) is 24.1 Å². The molecule has 1 aromatic rings. The summed E-state index contributed by atoms with van der Waals surface area (Å²) in [6, 6.07) is 6.10. The number of carbonyl (C=O) groups is 1. The smallest absolute Gasteiger partial charge is 0.306 e. The molecule has 0 unspecified atom stereocenters. The van der Waals surface area contributed by atoms with Crippen LogP contribution in [0.15, 0.2) is 24.3 Å². The molecule has 0 atom stereocenters. The minimum absolute atomic E-state index is 0.0443. The molecule has 0 aliphatic heterocycles. The molecule has 0 radical (unpaired) electrons. The number of rotatable bonds is 19. The minimum Gasteiger partial charge on any atom is -0.461 e.